The maximum atomic E-state index is 13.0. The molecule has 5 nitrogen and oxygen atoms in total. The third kappa shape index (κ3) is 4.16. The Labute approximate surface area is 159 Å². The molecule has 3 aromatic rings. The fraction of sp³-hybridized carbons (Fsp3) is 0.200. The number of pyridine rings is 1. The summed E-state index contributed by atoms with van der Waals surface area (Å²) >= 11 is 0. The first-order chi connectivity index (χ1) is 13.3. The number of halogens is 3. The highest BCUT2D eigenvalue weighted by atomic mass is 19.4. The van der Waals surface area contributed by atoms with Gasteiger partial charge in [0.1, 0.15) is 0 Å². The predicted molar refractivity (Wildman–Crippen MR) is 98.8 cm³/mol. The summed E-state index contributed by atoms with van der Waals surface area (Å²) in [4.78, 5) is 24.6. The molecule has 1 amide bonds. The average Bonchev–Trinajstić information content (AvgIpc) is 2.67. The van der Waals surface area contributed by atoms with Crippen LogP contribution in [0.4, 0.5) is 19.0 Å². The van der Waals surface area contributed by atoms with E-state index in [2.05, 4.69) is 20.3 Å². The monoisotopic (exact) mass is 386 g/mol. The van der Waals surface area contributed by atoms with Gasteiger partial charge in [0.15, 0.2) is 5.82 Å². The van der Waals surface area contributed by atoms with Crippen molar-refractivity contribution in [1.82, 2.24) is 15.0 Å². The number of anilines is 1. The molecule has 0 aliphatic rings. The lowest BCUT2D eigenvalue weighted by Crippen LogP contribution is -2.14. The van der Waals surface area contributed by atoms with E-state index >= 15 is 0 Å². The minimum absolute atomic E-state index is 0.204. The quantitative estimate of drug-likeness (QED) is 0.707. The Hall–Kier alpha value is -3.29. The lowest BCUT2D eigenvalue weighted by atomic mass is 9.99. The highest BCUT2D eigenvalue weighted by Gasteiger charge is 2.31. The molecule has 8 heteroatoms. The topological polar surface area (TPSA) is 67.8 Å². The number of hydrogen-bond acceptors (Lipinski definition) is 4. The molecule has 2 heterocycles. The van der Waals surface area contributed by atoms with Crippen LogP contribution >= 0.6 is 0 Å². The van der Waals surface area contributed by atoms with E-state index < -0.39 is 11.7 Å². The third-order valence-corrected chi connectivity index (χ3v) is 4.25. The van der Waals surface area contributed by atoms with E-state index in [1.54, 1.807) is 19.2 Å². The second-order valence-electron chi connectivity index (χ2n) is 6.15. The van der Waals surface area contributed by atoms with E-state index in [0.717, 1.165) is 17.7 Å². The Kier molecular flexibility index (Phi) is 5.39. The molecule has 2 aromatic heterocycles. The summed E-state index contributed by atoms with van der Waals surface area (Å²) in [5, 5.41) is 2.62. The number of rotatable bonds is 4. The molecule has 0 saturated carbocycles. The number of aromatic nitrogens is 3. The number of nitrogens with one attached hydrogen (secondary N) is 1. The highest BCUT2D eigenvalue weighted by Crippen LogP contribution is 2.33. The molecule has 3 rings (SSSR count). The zero-order valence-electron chi connectivity index (χ0n) is 15.2. The summed E-state index contributed by atoms with van der Waals surface area (Å²) in [7, 11) is 0. The number of aryl methyl sites for hydroxylation is 2. The number of alkyl halides is 3. The van der Waals surface area contributed by atoms with Crippen LogP contribution in [0, 0.1) is 6.92 Å². The van der Waals surface area contributed by atoms with Gasteiger partial charge in [0, 0.05) is 23.5 Å². The summed E-state index contributed by atoms with van der Waals surface area (Å²) in [5.41, 5.74) is 1.82. The number of nitrogens with zero attached hydrogens (tertiary/aromatic N) is 3. The Morgan fingerprint density at radius 3 is 2.50 bits per heavy atom. The van der Waals surface area contributed by atoms with E-state index in [0.29, 0.717) is 28.8 Å². The standard InChI is InChI=1S/C20H17F3N4O/c1-3-13-4-5-14(20(21,22)23)8-16(13)17-10-26-18(11-25-17)27-19(28)15-6-7-24-9-12(15)2/h4-11H,3H2,1-2H3,(H,26,27,28). The fourth-order valence-corrected chi connectivity index (χ4v) is 2.74. The van der Waals surface area contributed by atoms with Crippen molar-refractivity contribution < 1.29 is 18.0 Å². The molecule has 1 aromatic carbocycles. The molecule has 0 atom stereocenters. The second-order valence-corrected chi connectivity index (χ2v) is 6.15. The number of benzene rings is 1. The van der Waals surface area contributed by atoms with Crippen LogP contribution < -0.4 is 5.32 Å². The second kappa shape index (κ2) is 7.75. The van der Waals surface area contributed by atoms with Crippen molar-refractivity contribution in [3.63, 3.8) is 0 Å². The lowest BCUT2D eigenvalue weighted by molar-refractivity contribution is -0.137. The minimum atomic E-state index is -4.44. The number of hydrogen-bond donors (Lipinski definition) is 1. The smallest absolute Gasteiger partial charge is 0.305 e. The van der Waals surface area contributed by atoms with Gasteiger partial charge in [-0.25, -0.2) is 4.98 Å². The van der Waals surface area contributed by atoms with Crippen molar-refractivity contribution in [3.8, 4) is 11.3 Å². The molecule has 0 saturated heterocycles. The van der Waals surface area contributed by atoms with Gasteiger partial charge >= 0.3 is 6.18 Å². The molecule has 0 unspecified atom stereocenters. The first-order valence-electron chi connectivity index (χ1n) is 8.54. The summed E-state index contributed by atoms with van der Waals surface area (Å²) in [6.07, 6.45) is 1.87. The maximum absolute atomic E-state index is 13.0. The number of carbonyl (C=O) groups is 1. The molecule has 0 bridgehead atoms. The number of carbonyl (C=O) groups excluding carboxylic acids is 1. The fourth-order valence-electron chi connectivity index (χ4n) is 2.74. The number of amides is 1. The molecule has 28 heavy (non-hydrogen) atoms. The van der Waals surface area contributed by atoms with Crippen molar-refractivity contribution in [1.29, 1.82) is 0 Å². The van der Waals surface area contributed by atoms with Gasteiger partial charge in [-0.1, -0.05) is 13.0 Å². The summed E-state index contributed by atoms with van der Waals surface area (Å²) in [6, 6.07) is 5.16. The van der Waals surface area contributed by atoms with Gasteiger partial charge in [0.25, 0.3) is 5.91 Å². The van der Waals surface area contributed by atoms with Crippen molar-refractivity contribution in [2.24, 2.45) is 0 Å². The van der Waals surface area contributed by atoms with Gasteiger partial charge in [0.05, 0.1) is 23.7 Å². The summed E-state index contributed by atoms with van der Waals surface area (Å²) in [6.45, 7) is 3.61. The van der Waals surface area contributed by atoms with Crippen LogP contribution in [0.2, 0.25) is 0 Å². The normalized spacial score (nSPS) is 11.3. The van der Waals surface area contributed by atoms with Crippen LogP contribution in [0.25, 0.3) is 11.3 Å². The maximum Gasteiger partial charge on any atom is 0.416 e. The molecule has 0 radical (unpaired) electrons. The van der Waals surface area contributed by atoms with E-state index in [9.17, 15) is 18.0 Å². The van der Waals surface area contributed by atoms with E-state index in [1.165, 1.54) is 24.7 Å². The molecule has 0 aliphatic heterocycles. The molecule has 144 valence electrons. The Morgan fingerprint density at radius 2 is 1.89 bits per heavy atom. The van der Waals surface area contributed by atoms with Crippen molar-refractivity contribution in [3.05, 3.63) is 71.3 Å². The lowest BCUT2D eigenvalue weighted by Gasteiger charge is -2.13. The van der Waals surface area contributed by atoms with Crippen LogP contribution in [-0.2, 0) is 12.6 Å². The van der Waals surface area contributed by atoms with Gasteiger partial charge in [-0.3, -0.25) is 14.8 Å². The van der Waals surface area contributed by atoms with Crippen LogP contribution in [0.3, 0.4) is 0 Å². The third-order valence-electron chi connectivity index (χ3n) is 4.25. The van der Waals surface area contributed by atoms with E-state index in [1.807, 2.05) is 6.92 Å². The van der Waals surface area contributed by atoms with E-state index in [4.69, 9.17) is 0 Å². The molecule has 0 fully saturated rings. The minimum Gasteiger partial charge on any atom is -0.305 e. The first kappa shape index (κ1) is 19.5. The van der Waals surface area contributed by atoms with Crippen LogP contribution in [0.15, 0.2) is 49.1 Å². The Morgan fingerprint density at radius 1 is 1.11 bits per heavy atom. The van der Waals surface area contributed by atoms with Gasteiger partial charge in [0.2, 0.25) is 0 Å². The van der Waals surface area contributed by atoms with Crippen LogP contribution in [-0.4, -0.2) is 20.9 Å². The summed E-state index contributed by atoms with van der Waals surface area (Å²) in [5.74, 6) is -0.162. The van der Waals surface area contributed by atoms with Gasteiger partial charge in [-0.2, -0.15) is 13.2 Å². The largest absolute Gasteiger partial charge is 0.416 e. The SMILES string of the molecule is CCc1ccc(C(F)(F)F)cc1-c1cnc(NC(=O)c2ccncc2C)cn1. The summed E-state index contributed by atoms with van der Waals surface area (Å²) < 4.78 is 39.1. The van der Waals surface area contributed by atoms with Crippen molar-refractivity contribution in [2.75, 3.05) is 5.32 Å². The zero-order chi connectivity index (χ0) is 20.3. The zero-order valence-corrected chi connectivity index (χ0v) is 15.2. The predicted octanol–water partition coefficient (Wildman–Crippen LogP) is 4.68. The molecular formula is C20H17F3N4O. The molecular weight excluding hydrogens is 369 g/mol. The van der Waals surface area contributed by atoms with Gasteiger partial charge in [-0.05, 0) is 42.7 Å². The van der Waals surface area contributed by atoms with Crippen LogP contribution in [0.1, 0.15) is 34.0 Å². The van der Waals surface area contributed by atoms with Crippen LogP contribution in [0.5, 0.6) is 0 Å². The molecule has 0 aliphatic carbocycles. The molecule has 0 spiro atoms. The van der Waals surface area contributed by atoms with E-state index in [-0.39, 0.29) is 11.7 Å². The van der Waals surface area contributed by atoms with Crippen molar-refractivity contribution >= 4 is 11.7 Å². The van der Waals surface area contributed by atoms with Crippen molar-refractivity contribution in [2.45, 2.75) is 26.4 Å². The average molecular weight is 386 g/mol. The Bertz CT molecular complexity index is 1000. The van der Waals surface area contributed by atoms with Gasteiger partial charge < -0.3 is 5.32 Å². The Balaban J connectivity index is 1.87. The molecule has 1 N–H and O–H groups in total. The first-order valence-corrected chi connectivity index (χ1v) is 8.54. The highest BCUT2D eigenvalue weighted by molar-refractivity contribution is 6.04. The van der Waals surface area contributed by atoms with Gasteiger partial charge in [-0.15, -0.1) is 0 Å².